The zero-order chi connectivity index (χ0) is 13.3. The van der Waals surface area contributed by atoms with E-state index in [4.69, 9.17) is 4.74 Å². The van der Waals surface area contributed by atoms with Crippen LogP contribution in [0.5, 0.6) is 11.5 Å². The fourth-order valence-electron chi connectivity index (χ4n) is 2.31. The molecule has 1 aliphatic rings. The highest BCUT2D eigenvalue weighted by atomic mass is 16.5. The van der Waals surface area contributed by atoms with Crippen molar-refractivity contribution in [2.45, 2.75) is 39.0 Å². The van der Waals surface area contributed by atoms with E-state index < -0.39 is 0 Å². The summed E-state index contributed by atoms with van der Waals surface area (Å²) >= 11 is 0. The molecule has 0 amide bonds. The van der Waals surface area contributed by atoms with Crippen LogP contribution in [0, 0.1) is 5.41 Å². The van der Waals surface area contributed by atoms with Gasteiger partial charge in [-0.3, -0.25) is 0 Å². The van der Waals surface area contributed by atoms with Crippen LogP contribution in [-0.2, 0) is 6.54 Å². The molecule has 4 nitrogen and oxygen atoms in total. The molecular weight excluding hydrogens is 230 g/mol. The van der Waals surface area contributed by atoms with Crippen LogP contribution in [0.4, 0.5) is 0 Å². The van der Waals surface area contributed by atoms with Crippen LogP contribution in [0.2, 0.25) is 0 Å². The van der Waals surface area contributed by atoms with Crippen molar-refractivity contribution >= 4 is 0 Å². The highest BCUT2D eigenvalue weighted by Crippen LogP contribution is 2.40. The smallest absolute Gasteiger partial charge is 0.120 e. The van der Waals surface area contributed by atoms with Crippen LogP contribution in [0.3, 0.4) is 0 Å². The number of hydrogen-bond acceptors (Lipinski definition) is 4. The second-order valence-corrected chi connectivity index (χ2v) is 5.50. The lowest BCUT2D eigenvalue weighted by molar-refractivity contribution is -0.0730. The van der Waals surface area contributed by atoms with Gasteiger partial charge in [0.2, 0.25) is 0 Å². The Morgan fingerprint density at radius 3 is 2.72 bits per heavy atom. The van der Waals surface area contributed by atoms with Crippen LogP contribution in [-0.4, -0.2) is 29.5 Å². The van der Waals surface area contributed by atoms with Crippen LogP contribution in [0.1, 0.15) is 25.8 Å². The third-order valence-electron chi connectivity index (χ3n) is 4.04. The maximum absolute atomic E-state index is 9.77. The molecule has 2 atom stereocenters. The van der Waals surface area contributed by atoms with Gasteiger partial charge in [0.25, 0.3) is 0 Å². The molecule has 1 aromatic rings. The third kappa shape index (κ3) is 2.31. The zero-order valence-corrected chi connectivity index (χ0v) is 11.1. The SMILES string of the molecule is COc1ccc(O)c(CNC2CC(O)C2(C)C)c1. The Balaban J connectivity index is 1.99. The monoisotopic (exact) mass is 251 g/mol. The fourth-order valence-corrected chi connectivity index (χ4v) is 2.31. The first-order valence-corrected chi connectivity index (χ1v) is 6.22. The summed E-state index contributed by atoms with van der Waals surface area (Å²) in [4.78, 5) is 0. The van der Waals surface area contributed by atoms with Crippen molar-refractivity contribution in [3.63, 3.8) is 0 Å². The predicted octanol–water partition coefficient (Wildman–Crippen LogP) is 1.65. The number of nitrogens with one attached hydrogen (secondary N) is 1. The Labute approximate surface area is 108 Å². The molecule has 1 saturated carbocycles. The van der Waals surface area contributed by atoms with Crippen molar-refractivity contribution in [1.29, 1.82) is 0 Å². The molecule has 0 heterocycles. The van der Waals surface area contributed by atoms with Gasteiger partial charge in [0.05, 0.1) is 13.2 Å². The molecule has 1 aliphatic carbocycles. The highest BCUT2D eigenvalue weighted by molar-refractivity contribution is 5.39. The first kappa shape index (κ1) is 13.2. The molecule has 0 aromatic heterocycles. The Morgan fingerprint density at radius 2 is 2.17 bits per heavy atom. The topological polar surface area (TPSA) is 61.7 Å². The largest absolute Gasteiger partial charge is 0.508 e. The van der Waals surface area contributed by atoms with E-state index >= 15 is 0 Å². The van der Waals surface area contributed by atoms with E-state index in [0.717, 1.165) is 17.7 Å². The van der Waals surface area contributed by atoms with Crippen molar-refractivity contribution in [3.8, 4) is 11.5 Å². The lowest BCUT2D eigenvalue weighted by Gasteiger charge is -2.49. The van der Waals surface area contributed by atoms with Crippen molar-refractivity contribution < 1.29 is 14.9 Å². The number of aliphatic hydroxyl groups is 1. The molecule has 18 heavy (non-hydrogen) atoms. The summed E-state index contributed by atoms with van der Waals surface area (Å²) in [7, 11) is 1.61. The minimum Gasteiger partial charge on any atom is -0.508 e. The standard InChI is InChI=1S/C14H21NO3/c1-14(2)12(7-13(14)17)15-8-9-6-10(18-3)4-5-11(9)16/h4-6,12-13,15-17H,7-8H2,1-3H3. The Kier molecular flexibility index (Phi) is 3.50. The molecule has 100 valence electrons. The van der Waals surface area contributed by atoms with Crippen LogP contribution in [0.15, 0.2) is 18.2 Å². The molecule has 2 unspecified atom stereocenters. The van der Waals surface area contributed by atoms with E-state index in [1.165, 1.54) is 0 Å². The quantitative estimate of drug-likeness (QED) is 0.761. The number of hydrogen-bond donors (Lipinski definition) is 3. The fraction of sp³-hybridized carbons (Fsp3) is 0.571. The van der Waals surface area contributed by atoms with Gasteiger partial charge in [-0.25, -0.2) is 0 Å². The number of methoxy groups -OCH3 is 1. The second-order valence-electron chi connectivity index (χ2n) is 5.50. The minimum absolute atomic E-state index is 0.103. The van der Waals surface area contributed by atoms with E-state index in [1.54, 1.807) is 19.2 Å². The number of phenolic OH excluding ortho intramolecular Hbond substituents is 1. The number of ether oxygens (including phenoxy) is 1. The lowest BCUT2D eigenvalue weighted by Crippen LogP contribution is -2.59. The van der Waals surface area contributed by atoms with E-state index in [0.29, 0.717) is 6.54 Å². The van der Waals surface area contributed by atoms with Gasteiger partial charge in [0.15, 0.2) is 0 Å². The Bertz CT molecular complexity index is 431. The van der Waals surface area contributed by atoms with Crippen molar-refractivity contribution in [3.05, 3.63) is 23.8 Å². The van der Waals surface area contributed by atoms with E-state index in [1.807, 2.05) is 19.9 Å². The summed E-state index contributed by atoms with van der Waals surface area (Å²) in [5, 5.41) is 22.8. The first-order chi connectivity index (χ1) is 8.45. The molecule has 1 aromatic carbocycles. The van der Waals surface area contributed by atoms with Gasteiger partial charge < -0.3 is 20.3 Å². The zero-order valence-electron chi connectivity index (χ0n) is 11.1. The number of phenols is 1. The van der Waals surface area contributed by atoms with Gasteiger partial charge in [-0.05, 0) is 24.6 Å². The van der Waals surface area contributed by atoms with E-state index in [2.05, 4.69) is 5.32 Å². The number of aromatic hydroxyl groups is 1. The summed E-state index contributed by atoms with van der Waals surface area (Å²) < 4.78 is 5.14. The number of rotatable bonds is 4. The summed E-state index contributed by atoms with van der Waals surface area (Å²) in [6, 6.07) is 5.47. The Morgan fingerprint density at radius 1 is 1.44 bits per heavy atom. The molecule has 1 fully saturated rings. The van der Waals surface area contributed by atoms with Gasteiger partial charge in [-0.2, -0.15) is 0 Å². The van der Waals surface area contributed by atoms with Gasteiger partial charge in [0, 0.05) is 23.6 Å². The summed E-state index contributed by atoms with van der Waals surface area (Å²) in [6.07, 6.45) is 0.520. The molecule has 2 rings (SSSR count). The normalized spacial score (nSPS) is 25.6. The summed E-state index contributed by atoms with van der Waals surface area (Å²) in [5.41, 5.74) is 0.709. The molecule has 0 radical (unpaired) electrons. The molecule has 0 saturated heterocycles. The molecule has 0 bridgehead atoms. The minimum atomic E-state index is -0.242. The van der Waals surface area contributed by atoms with Crippen molar-refractivity contribution in [2.24, 2.45) is 5.41 Å². The maximum atomic E-state index is 9.77. The summed E-state index contributed by atoms with van der Waals surface area (Å²) in [5.74, 6) is 0.999. The van der Waals surface area contributed by atoms with Crippen LogP contribution in [0.25, 0.3) is 0 Å². The average molecular weight is 251 g/mol. The molecular formula is C14H21NO3. The number of benzene rings is 1. The van der Waals surface area contributed by atoms with Gasteiger partial charge in [-0.15, -0.1) is 0 Å². The molecule has 4 heteroatoms. The van der Waals surface area contributed by atoms with Crippen LogP contribution >= 0.6 is 0 Å². The molecule has 3 N–H and O–H groups in total. The van der Waals surface area contributed by atoms with Crippen molar-refractivity contribution in [1.82, 2.24) is 5.32 Å². The highest BCUT2D eigenvalue weighted by Gasteiger charge is 2.46. The molecule has 0 aliphatic heterocycles. The van der Waals surface area contributed by atoms with E-state index in [-0.39, 0.29) is 23.3 Å². The summed E-state index contributed by atoms with van der Waals surface area (Å²) in [6.45, 7) is 4.67. The van der Waals surface area contributed by atoms with Gasteiger partial charge >= 0.3 is 0 Å². The first-order valence-electron chi connectivity index (χ1n) is 6.22. The van der Waals surface area contributed by atoms with Crippen LogP contribution < -0.4 is 10.1 Å². The second kappa shape index (κ2) is 4.78. The number of aliphatic hydroxyl groups excluding tert-OH is 1. The van der Waals surface area contributed by atoms with Gasteiger partial charge in [0.1, 0.15) is 11.5 Å². The Hall–Kier alpha value is -1.26. The third-order valence-corrected chi connectivity index (χ3v) is 4.04. The van der Waals surface area contributed by atoms with E-state index in [9.17, 15) is 10.2 Å². The van der Waals surface area contributed by atoms with Gasteiger partial charge in [-0.1, -0.05) is 13.8 Å². The average Bonchev–Trinajstić information content (AvgIpc) is 2.36. The lowest BCUT2D eigenvalue weighted by atomic mass is 9.64. The molecule has 0 spiro atoms. The van der Waals surface area contributed by atoms with Crippen molar-refractivity contribution in [2.75, 3.05) is 7.11 Å². The predicted molar refractivity (Wildman–Crippen MR) is 69.7 cm³/mol. The maximum Gasteiger partial charge on any atom is 0.120 e.